The van der Waals surface area contributed by atoms with Gasteiger partial charge in [0.15, 0.2) is 0 Å². The predicted molar refractivity (Wildman–Crippen MR) is 239 cm³/mol. The SMILES string of the molecule is CC/C=C\C/C=C\C/C=C\CCCCCCCCCC(=O)OC(CCC/C=C\CCCCCCCCCC)CCCCCCCC(=O)NC(CCCN)C(=O)O. The number of nitrogens with one attached hydrogen (secondary N) is 1. The van der Waals surface area contributed by atoms with Gasteiger partial charge in [0.25, 0.3) is 0 Å². The van der Waals surface area contributed by atoms with Crippen molar-refractivity contribution in [3.8, 4) is 0 Å². The Morgan fingerprint density at radius 2 is 1.00 bits per heavy atom. The number of carbonyl (C=O) groups is 3. The van der Waals surface area contributed by atoms with Crippen LogP contribution >= 0.6 is 0 Å². The van der Waals surface area contributed by atoms with E-state index < -0.39 is 12.0 Å². The Labute approximate surface area is 345 Å². The van der Waals surface area contributed by atoms with Crippen molar-refractivity contribution in [2.75, 3.05) is 6.54 Å². The lowest BCUT2D eigenvalue weighted by molar-refractivity contribution is -0.150. The van der Waals surface area contributed by atoms with E-state index in [-0.39, 0.29) is 18.0 Å². The molecule has 0 aromatic carbocycles. The summed E-state index contributed by atoms with van der Waals surface area (Å²) in [6.45, 7) is 4.84. The van der Waals surface area contributed by atoms with Crippen molar-refractivity contribution in [1.82, 2.24) is 5.32 Å². The number of esters is 1. The maximum atomic E-state index is 12.8. The summed E-state index contributed by atoms with van der Waals surface area (Å²) in [5.41, 5.74) is 5.49. The van der Waals surface area contributed by atoms with Crippen LogP contribution in [0.1, 0.15) is 226 Å². The maximum Gasteiger partial charge on any atom is 0.326 e. The lowest BCUT2D eigenvalue weighted by Crippen LogP contribution is -2.40. The molecular formula is C49H88N2O5. The van der Waals surface area contributed by atoms with Crippen molar-refractivity contribution in [2.24, 2.45) is 5.73 Å². The first kappa shape index (κ1) is 53.3. The van der Waals surface area contributed by atoms with Crippen LogP contribution in [0.3, 0.4) is 0 Å². The van der Waals surface area contributed by atoms with Crippen LogP contribution in [0.2, 0.25) is 0 Å². The zero-order valence-electron chi connectivity index (χ0n) is 36.5. The van der Waals surface area contributed by atoms with Crippen LogP contribution in [0.5, 0.6) is 0 Å². The highest BCUT2D eigenvalue weighted by molar-refractivity contribution is 5.83. The smallest absolute Gasteiger partial charge is 0.326 e. The minimum atomic E-state index is -1.01. The molecule has 1 amide bonds. The van der Waals surface area contributed by atoms with Crippen molar-refractivity contribution in [2.45, 2.75) is 238 Å². The van der Waals surface area contributed by atoms with Gasteiger partial charge in [-0.1, -0.05) is 159 Å². The molecule has 0 aliphatic carbocycles. The fraction of sp³-hybridized carbons (Fsp3) is 0.776. The molecule has 0 spiro atoms. The van der Waals surface area contributed by atoms with E-state index in [9.17, 15) is 19.5 Å². The molecule has 0 bridgehead atoms. The average molecular weight is 785 g/mol. The number of amides is 1. The number of allylic oxidation sites excluding steroid dienone is 8. The molecule has 2 atom stereocenters. The maximum absolute atomic E-state index is 12.8. The Bertz CT molecular complexity index is 1020. The lowest BCUT2D eigenvalue weighted by Gasteiger charge is -2.18. The number of hydrogen-bond acceptors (Lipinski definition) is 5. The third-order valence-corrected chi connectivity index (χ3v) is 10.4. The van der Waals surface area contributed by atoms with E-state index >= 15 is 0 Å². The Balaban J connectivity index is 4.36. The summed E-state index contributed by atoms with van der Waals surface area (Å²) < 4.78 is 6.04. The highest BCUT2D eigenvalue weighted by atomic mass is 16.5. The molecule has 0 aromatic rings. The molecule has 0 rings (SSSR count). The predicted octanol–water partition coefficient (Wildman–Crippen LogP) is 13.6. The molecule has 0 saturated heterocycles. The minimum Gasteiger partial charge on any atom is -0.480 e. The van der Waals surface area contributed by atoms with E-state index in [1.807, 2.05) is 0 Å². The van der Waals surface area contributed by atoms with Gasteiger partial charge in [0.1, 0.15) is 12.1 Å². The van der Waals surface area contributed by atoms with Crippen molar-refractivity contribution < 1.29 is 24.2 Å². The summed E-state index contributed by atoms with van der Waals surface area (Å²) in [7, 11) is 0. The summed E-state index contributed by atoms with van der Waals surface area (Å²) in [5.74, 6) is -1.26. The molecule has 0 radical (unpaired) electrons. The van der Waals surface area contributed by atoms with Crippen LogP contribution in [0.25, 0.3) is 0 Å². The van der Waals surface area contributed by atoms with Gasteiger partial charge in [0.2, 0.25) is 5.91 Å². The molecule has 0 aliphatic heterocycles. The third-order valence-electron chi connectivity index (χ3n) is 10.4. The second-order valence-corrected chi connectivity index (χ2v) is 15.8. The van der Waals surface area contributed by atoms with Gasteiger partial charge in [0, 0.05) is 12.8 Å². The van der Waals surface area contributed by atoms with Crippen molar-refractivity contribution in [1.29, 1.82) is 0 Å². The van der Waals surface area contributed by atoms with Crippen molar-refractivity contribution in [3.63, 3.8) is 0 Å². The number of hydrogen-bond donors (Lipinski definition) is 3. The highest BCUT2D eigenvalue weighted by Gasteiger charge is 2.19. The fourth-order valence-corrected chi connectivity index (χ4v) is 6.88. The van der Waals surface area contributed by atoms with Gasteiger partial charge in [-0.05, 0) is 109 Å². The van der Waals surface area contributed by atoms with Crippen molar-refractivity contribution in [3.05, 3.63) is 48.6 Å². The number of carboxylic acid groups (broad SMARTS) is 1. The summed E-state index contributed by atoms with van der Waals surface area (Å²) in [5, 5.41) is 12.0. The Kier molecular flexibility index (Phi) is 41.4. The molecule has 4 N–H and O–H groups in total. The van der Waals surface area contributed by atoms with E-state index in [0.717, 1.165) is 103 Å². The van der Waals surface area contributed by atoms with Crippen LogP contribution in [-0.4, -0.2) is 41.6 Å². The summed E-state index contributed by atoms with van der Waals surface area (Å²) in [6.07, 6.45) is 53.0. The fourth-order valence-electron chi connectivity index (χ4n) is 6.88. The number of rotatable bonds is 42. The van der Waals surface area contributed by atoms with Crippen LogP contribution in [0.4, 0.5) is 0 Å². The van der Waals surface area contributed by atoms with Gasteiger partial charge in [-0.15, -0.1) is 0 Å². The standard InChI is InChI=1S/C49H88N2O5/c1-3-5-7-9-11-13-15-17-18-19-20-22-24-26-28-33-37-43-48(53)56-45(39-34-30-27-25-23-21-16-14-12-10-8-6-4-2)40-35-31-29-32-36-42-47(52)51-46(49(54)55)41-38-44-50/h5,7,11,13,17-18,25,27,45-46H,3-4,6,8-10,12,14-16,19-24,26,28-44,50H2,1-2H3,(H,51,52)(H,54,55)/b7-5-,13-11-,18-17-,27-25-. The topological polar surface area (TPSA) is 119 Å². The molecule has 7 heteroatoms. The lowest BCUT2D eigenvalue weighted by atomic mass is 10.0. The molecule has 0 saturated carbocycles. The first-order chi connectivity index (χ1) is 27.4. The number of ether oxygens (including phenoxy) is 1. The molecule has 0 heterocycles. The van der Waals surface area contributed by atoms with Gasteiger partial charge < -0.3 is 20.9 Å². The van der Waals surface area contributed by atoms with Gasteiger partial charge in [-0.25, -0.2) is 4.79 Å². The van der Waals surface area contributed by atoms with Gasteiger partial charge in [0.05, 0.1) is 0 Å². The molecule has 56 heavy (non-hydrogen) atoms. The van der Waals surface area contributed by atoms with E-state index in [1.54, 1.807) is 0 Å². The number of carboxylic acids is 1. The Hall–Kier alpha value is -2.67. The monoisotopic (exact) mass is 785 g/mol. The van der Waals surface area contributed by atoms with E-state index in [0.29, 0.717) is 32.2 Å². The number of aliphatic carboxylic acids is 1. The van der Waals surface area contributed by atoms with Crippen LogP contribution in [0.15, 0.2) is 48.6 Å². The Morgan fingerprint density at radius 1 is 0.536 bits per heavy atom. The molecule has 0 fully saturated rings. The minimum absolute atomic E-state index is 0.0242. The molecule has 0 aromatic heterocycles. The quantitative estimate of drug-likeness (QED) is 0.0322. The molecule has 2 unspecified atom stereocenters. The highest BCUT2D eigenvalue weighted by Crippen LogP contribution is 2.18. The second kappa shape index (κ2) is 43.5. The van der Waals surface area contributed by atoms with Gasteiger partial charge in [-0.2, -0.15) is 0 Å². The third kappa shape index (κ3) is 39.6. The van der Waals surface area contributed by atoms with E-state index in [1.165, 1.54) is 83.5 Å². The average Bonchev–Trinajstić information content (AvgIpc) is 3.18. The second-order valence-electron chi connectivity index (χ2n) is 15.8. The van der Waals surface area contributed by atoms with Crippen molar-refractivity contribution >= 4 is 17.8 Å². The zero-order valence-corrected chi connectivity index (χ0v) is 36.5. The van der Waals surface area contributed by atoms with Crippen LogP contribution in [0, 0.1) is 0 Å². The first-order valence-electron chi connectivity index (χ1n) is 23.5. The van der Waals surface area contributed by atoms with Crippen LogP contribution < -0.4 is 11.1 Å². The first-order valence-corrected chi connectivity index (χ1v) is 23.5. The summed E-state index contributed by atoms with van der Waals surface area (Å²) in [4.78, 5) is 36.5. The molecule has 0 aliphatic rings. The zero-order chi connectivity index (χ0) is 41.0. The molecular weight excluding hydrogens is 697 g/mol. The Morgan fingerprint density at radius 3 is 1.57 bits per heavy atom. The van der Waals surface area contributed by atoms with E-state index in [4.69, 9.17) is 10.5 Å². The van der Waals surface area contributed by atoms with Gasteiger partial charge in [-0.3, -0.25) is 9.59 Å². The largest absolute Gasteiger partial charge is 0.480 e. The van der Waals surface area contributed by atoms with E-state index in [2.05, 4.69) is 67.8 Å². The van der Waals surface area contributed by atoms with Gasteiger partial charge >= 0.3 is 11.9 Å². The number of nitrogens with two attached hydrogens (primary N) is 1. The molecule has 324 valence electrons. The summed E-state index contributed by atoms with van der Waals surface area (Å²) in [6, 6.07) is -0.861. The normalized spacial score (nSPS) is 13.1. The van der Waals surface area contributed by atoms with Crippen LogP contribution in [-0.2, 0) is 19.1 Å². The molecule has 7 nitrogen and oxygen atoms in total. The number of unbranched alkanes of at least 4 members (excludes halogenated alkanes) is 20. The number of carbonyl (C=O) groups excluding carboxylic acids is 2. The summed E-state index contributed by atoms with van der Waals surface area (Å²) >= 11 is 0.